The fourth-order valence-electron chi connectivity index (χ4n) is 4.40. The second kappa shape index (κ2) is 6.65. The van der Waals surface area contributed by atoms with Crippen molar-refractivity contribution in [3.63, 3.8) is 0 Å². The first kappa shape index (κ1) is 19.0. The molecule has 1 aromatic heterocycles. The smallest absolute Gasteiger partial charge is 0.329 e. The normalized spacial score (nSPS) is 21.1. The molecule has 6 nitrogen and oxygen atoms in total. The van der Waals surface area contributed by atoms with Crippen molar-refractivity contribution in [2.24, 2.45) is 11.7 Å². The number of fused-ring (bicyclic) bond motifs is 1. The van der Waals surface area contributed by atoms with Crippen LogP contribution in [0.5, 0.6) is 0 Å². The lowest BCUT2D eigenvalue weighted by molar-refractivity contribution is 0.0929. The maximum Gasteiger partial charge on any atom is 0.329 e. The molecular weight excluding hydrogens is 373 g/mol. The van der Waals surface area contributed by atoms with E-state index in [1.165, 1.54) is 6.92 Å². The Kier molecular flexibility index (Phi) is 4.52. The highest BCUT2D eigenvalue weighted by Crippen LogP contribution is 2.40. The first-order valence-electron chi connectivity index (χ1n) is 9.48. The lowest BCUT2D eigenvalue weighted by Crippen LogP contribution is -2.38. The van der Waals surface area contributed by atoms with Gasteiger partial charge in [0, 0.05) is 30.3 Å². The number of aromatic nitrogens is 2. The highest BCUT2D eigenvalue weighted by atomic mass is 19.3. The minimum Gasteiger partial charge on any atom is -0.369 e. The number of aryl methyl sites for hydroxylation is 2. The molecule has 9 heteroatoms. The van der Waals surface area contributed by atoms with E-state index in [-0.39, 0.29) is 29.2 Å². The van der Waals surface area contributed by atoms with E-state index >= 15 is 4.39 Å². The molecule has 0 amide bonds. The second-order valence-electron chi connectivity index (χ2n) is 7.90. The molecule has 0 bridgehead atoms. The Balaban J connectivity index is 1.90. The molecule has 28 heavy (non-hydrogen) atoms. The number of rotatable bonds is 4. The largest absolute Gasteiger partial charge is 0.369 e. The topological polar surface area (TPSA) is 84.1 Å². The van der Waals surface area contributed by atoms with E-state index < -0.39 is 35.5 Å². The predicted molar refractivity (Wildman–Crippen MR) is 101 cm³/mol. The Morgan fingerprint density at radius 1 is 1.14 bits per heavy atom. The fraction of sp³-hybridized carbons (Fsp3) is 0.579. The van der Waals surface area contributed by atoms with Gasteiger partial charge in [-0.05, 0) is 39.0 Å². The molecule has 1 aliphatic carbocycles. The van der Waals surface area contributed by atoms with Crippen molar-refractivity contribution >= 4 is 16.6 Å². The van der Waals surface area contributed by atoms with E-state index in [1.807, 2.05) is 0 Å². The summed E-state index contributed by atoms with van der Waals surface area (Å²) >= 11 is 0. The molecule has 3 N–H and O–H groups in total. The number of alkyl halides is 2. The van der Waals surface area contributed by atoms with Crippen molar-refractivity contribution in [1.82, 2.24) is 9.55 Å². The molecule has 2 heterocycles. The number of hydrogen-bond acceptors (Lipinski definition) is 4. The van der Waals surface area contributed by atoms with Gasteiger partial charge in [-0.1, -0.05) is 0 Å². The van der Waals surface area contributed by atoms with Crippen LogP contribution < -0.4 is 21.9 Å². The summed E-state index contributed by atoms with van der Waals surface area (Å²) < 4.78 is 42.8. The Bertz CT molecular complexity index is 1060. The number of nitrogens with two attached hydrogens (primary N) is 1. The Morgan fingerprint density at radius 2 is 1.82 bits per heavy atom. The van der Waals surface area contributed by atoms with Crippen molar-refractivity contribution < 1.29 is 13.2 Å². The molecule has 2 aromatic rings. The SMILES string of the molecule is Cc1c(F)c(N2CCC(C(N)C(F)F)C2)c(C)c2c1c(=O)[nH]c(=O)n2C1CC1. The molecular formula is C19H23F3N4O2. The predicted octanol–water partition coefficient (Wildman–Crippen LogP) is 2.20. The quantitative estimate of drug-likeness (QED) is 0.830. The third-order valence-corrected chi connectivity index (χ3v) is 6.05. The number of H-pyrrole nitrogens is 1. The van der Waals surface area contributed by atoms with Crippen molar-refractivity contribution in [1.29, 1.82) is 0 Å². The highest BCUT2D eigenvalue weighted by Gasteiger charge is 2.36. The second-order valence-corrected chi connectivity index (χ2v) is 7.90. The van der Waals surface area contributed by atoms with Crippen molar-refractivity contribution in [2.75, 3.05) is 18.0 Å². The number of nitrogens with one attached hydrogen (secondary N) is 1. The summed E-state index contributed by atoms with van der Waals surface area (Å²) in [5.41, 5.74) is 5.85. The Morgan fingerprint density at radius 3 is 2.43 bits per heavy atom. The van der Waals surface area contributed by atoms with Gasteiger partial charge in [-0.3, -0.25) is 14.3 Å². The molecule has 2 aliphatic rings. The fourth-order valence-corrected chi connectivity index (χ4v) is 4.40. The van der Waals surface area contributed by atoms with Crippen LogP contribution in [0.2, 0.25) is 0 Å². The minimum atomic E-state index is -2.63. The molecule has 2 fully saturated rings. The summed E-state index contributed by atoms with van der Waals surface area (Å²) in [5.74, 6) is -0.998. The summed E-state index contributed by atoms with van der Waals surface area (Å²) in [5, 5.41) is 0.172. The van der Waals surface area contributed by atoms with Gasteiger partial charge in [0.2, 0.25) is 0 Å². The summed E-state index contributed by atoms with van der Waals surface area (Å²) in [6.45, 7) is 3.80. The summed E-state index contributed by atoms with van der Waals surface area (Å²) in [6.07, 6.45) is -0.553. The van der Waals surface area contributed by atoms with Crippen LogP contribution in [0.3, 0.4) is 0 Å². The monoisotopic (exact) mass is 396 g/mol. The van der Waals surface area contributed by atoms with Crippen molar-refractivity contribution in [3.05, 3.63) is 37.8 Å². The zero-order valence-corrected chi connectivity index (χ0v) is 15.8. The molecule has 1 aliphatic heterocycles. The van der Waals surface area contributed by atoms with Crippen molar-refractivity contribution in [3.8, 4) is 0 Å². The lowest BCUT2D eigenvalue weighted by atomic mass is 10.00. The molecule has 0 spiro atoms. The highest BCUT2D eigenvalue weighted by molar-refractivity contribution is 5.90. The molecule has 0 radical (unpaired) electrons. The number of halogens is 3. The van der Waals surface area contributed by atoms with Gasteiger partial charge in [0.1, 0.15) is 0 Å². The Hall–Kier alpha value is -2.29. The van der Waals surface area contributed by atoms with Gasteiger partial charge in [-0.15, -0.1) is 0 Å². The van der Waals surface area contributed by atoms with Gasteiger partial charge in [-0.2, -0.15) is 0 Å². The van der Waals surface area contributed by atoms with Crippen LogP contribution in [-0.4, -0.2) is 35.1 Å². The molecule has 1 saturated heterocycles. The van der Waals surface area contributed by atoms with Gasteiger partial charge in [0.25, 0.3) is 12.0 Å². The van der Waals surface area contributed by atoms with Crippen LogP contribution >= 0.6 is 0 Å². The number of anilines is 1. The molecule has 4 rings (SSSR count). The standard InChI is InChI=1S/C19H23F3N4O2/c1-8-12-15(26(11-3-4-11)19(28)24-18(12)27)9(2)16(13(8)20)25-6-5-10(7-25)14(23)17(21)22/h10-11,14,17H,3-7,23H2,1-2H3,(H,24,27,28). The molecule has 2 atom stereocenters. The maximum absolute atomic E-state index is 15.3. The zero-order chi connectivity index (χ0) is 20.3. The van der Waals surface area contributed by atoms with Gasteiger partial charge < -0.3 is 10.6 Å². The average molecular weight is 396 g/mol. The maximum atomic E-state index is 15.3. The van der Waals surface area contributed by atoms with E-state index in [0.717, 1.165) is 12.8 Å². The van der Waals surface area contributed by atoms with Crippen LogP contribution in [0.25, 0.3) is 10.9 Å². The van der Waals surface area contributed by atoms with Gasteiger partial charge in [-0.25, -0.2) is 18.0 Å². The minimum absolute atomic E-state index is 0.0122. The van der Waals surface area contributed by atoms with Gasteiger partial charge in [0.15, 0.2) is 5.82 Å². The van der Waals surface area contributed by atoms with E-state index in [9.17, 15) is 18.4 Å². The first-order valence-corrected chi connectivity index (χ1v) is 9.48. The molecule has 152 valence electrons. The summed E-state index contributed by atoms with van der Waals surface area (Å²) in [7, 11) is 0. The summed E-state index contributed by atoms with van der Waals surface area (Å²) in [4.78, 5) is 28.9. The van der Waals surface area contributed by atoms with Gasteiger partial charge >= 0.3 is 5.69 Å². The van der Waals surface area contributed by atoms with Crippen LogP contribution in [0.4, 0.5) is 18.9 Å². The summed E-state index contributed by atoms with van der Waals surface area (Å²) in [6, 6.07) is -1.27. The molecule has 2 unspecified atom stereocenters. The van der Waals surface area contributed by atoms with Crippen LogP contribution in [0.15, 0.2) is 9.59 Å². The van der Waals surface area contributed by atoms with E-state index in [2.05, 4.69) is 4.98 Å². The van der Waals surface area contributed by atoms with E-state index in [0.29, 0.717) is 24.0 Å². The average Bonchev–Trinajstić information content (AvgIpc) is 3.35. The third kappa shape index (κ3) is 2.83. The number of benzene rings is 1. The van der Waals surface area contributed by atoms with Crippen LogP contribution in [0.1, 0.15) is 36.4 Å². The van der Waals surface area contributed by atoms with Gasteiger partial charge in [0.05, 0.1) is 22.6 Å². The number of aromatic amines is 1. The Labute approximate surface area is 159 Å². The first-order chi connectivity index (χ1) is 13.2. The molecule has 1 saturated carbocycles. The third-order valence-electron chi connectivity index (χ3n) is 6.05. The number of hydrogen-bond donors (Lipinski definition) is 2. The zero-order valence-electron chi connectivity index (χ0n) is 15.8. The van der Waals surface area contributed by atoms with Crippen LogP contribution in [-0.2, 0) is 0 Å². The van der Waals surface area contributed by atoms with E-state index in [1.54, 1.807) is 16.4 Å². The lowest BCUT2D eigenvalue weighted by Gasteiger charge is -2.26. The van der Waals surface area contributed by atoms with Crippen LogP contribution in [0, 0.1) is 25.6 Å². The van der Waals surface area contributed by atoms with E-state index in [4.69, 9.17) is 5.73 Å². The molecule has 1 aromatic carbocycles. The van der Waals surface area contributed by atoms with Crippen molar-refractivity contribution in [2.45, 2.75) is 51.6 Å². The number of nitrogens with zero attached hydrogens (tertiary/aromatic N) is 2.